The van der Waals surface area contributed by atoms with E-state index in [1.54, 1.807) is 34.3 Å². The molecule has 0 fully saturated rings. The quantitative estimate of drug-likeness (QED) is 0.255. The van der Waals surface area contributed by atoms with Crippen molar-refractivity contribution in [3.8, 4) is 11.5 Å². The Morgan fingerprint density at radius 2 is 1.39 bits per heavy atom. The Balaban J connectivity index is 0.000000493. The summed E-state index contributed by atoms with van der Waals surface area (Å²) in [5, 5.41) is 22.5. The zero-order valence-corrected chi connectivity index (χ0v) is 22.1. The standard InChI is InChI=1S/C24H24N10.C2HF3O2/c1-24(2,3)21-26-15-33(31-21)19-11-9-18(10-12-19)28-22-25-14-13-20(30-22)34-16-27-23(32-34)29-17-7-5-4-6-8-17;3-2(4,5)1(6)7/h4-16H,1-3H3,(H,29,32)(H,25,28,30);(H,6,7). The number of aromatic nitrogens is 8. The van der Waals surface area contributed by atoms with Crippen LogP contribution in [0.15, 0.2) is 79.5 Å². The lowest BCUT2D eigenvalue weighted by Crippen LogP contribution is -2.21. The molecule has 15 heteroatoms. The van der Waals surface area contributed by atoms with Gasteiger partial charge in [-0.3, -0.25) is 0 Å². The summed E-state index contributed by atoms with van der Waals surface area (Å²) in [5.74, 6) is -0.422. The Kier molecular flexibility index (Phi) is 8.26. The van der Waals surface area contributed by atoms with Gasteiger partial charge in [0.2, 0.25) is 11.9 Å². The summed E-state index contributed by atoms with van der Waals surface area (Å²) in [5.41, 5.74) is 2.58. The number of benzene rings is 2. The maximum Gasteiger partial charge on any atom is 0.490 e. The normalized spacial score (nSPS) is 11.4. The van der Waals surface area contributed by atoms with Gasteiger partial charge in [-0.2, -0.15) is 28.2 Å². The van der Waals surface area contributed by atoms with Gasteiger partial charge in [-0.05, 0) is 36.4 Å². The van der Waals surface area contributed by atoms with Gasteiger partial charge in [-0.15, -0.1) is 5.10 Å². The van der Waals surface area contributed by atoms with Crippen molar-refractivity contribution in [2.45, 2.75) is 32.4 Å². The van der Waals surface area contributed by atoms with E-state index in [4.69, 9.17) is 9.90 Å². The molecule has 3 N–H and O–H groups in total. The van der Waals surface area contributed by atoms with Crippen LogP contribution in [0.25, 0.3) is 11.5 Å². The van der Waals surface area contributed by atoms with Crippen LogP contribution in [0.1, 0.15) is 26.6 Å². The second kappa shape index (κ2) is 11.8. The number of aliphatic carboxylic acids is 1. The van der Waals surface area contributed by atoms with Crippen LogP contribution in [0.4, 0.5) is 36.4 Å². The van der Waals surface area contributed by atoms with E-state index in [9.17, 15) is 13.2 Å². The van der Waals surface area contributed by atoms with E-state index < -0.39 is 12.1 Å². The lowest BCUT2D eigenvalue weighted by atomic mass is 9.96. The zero-order valence-electron chi connectivity index (χ0n) is 22.1. The Morgan fingerprint density at radius 1 is 0.780 bits per heavy atom. The van der Waals surface area contributed by atoms with E-state index in [0.29, 0.717) is 17.7 Å². The van der Waals surface area contributed by atoms with Crippen molar-refractivity contribution in [1.82, 2.24) is 39.5 Å². The van der Waals surface area contributed by atoms with Crippen LogP contribution in [0.2, 0.25) is 0 Å². The molecule has 5 rings (SSSR count). The van der Waals surface area contributed by atoms with Gasteiger partial charge in [0, 0.05) is 29.1 Å². The number of anilines is 4. The number of nitrogens with zero attached hydrogens (tertiary/aromatic N) is 8. The highest BCUT2D eigenvalue weighted by Crippen LogP contribution is 2.20. The Hall–Kier alpha value is -5.34. The fraction of sp³-hybridized carbons (Fsp3) is 0.192. The van der Waals surface area contributed by atoms with Gasteiger partial charge < -0.3 is 15.7 Å². The monoisotopic (exact) mass is 566 g/mol. The highest BCUT2D eigenvalue weighted by molar-refractivity contribution is 5.73. The summed E-state index contributed by atoms with van der Waals surface area (Å²) in [6, 6.07) is 19.3. The third-order valence-electron chi connectivity index (χ3n) is 5.19. The number of hydrogen-bond acceptors (Lipinski definition) is 9. The van der Waals surface area contributed by atoms with Gasteiger partial charge in [-0.1, -0.05) is 39.0 Å². The van der Waals surface area contributed by atoms with E-state index in [1.807, 2.05) is 54.6 Å². The second-order valence-corrected chi connectivity index (χ2v) is 9.48. The average Bonchev–Trinajstić information content (AvgIpc) is 3.60. The molecule has 12 nitrogen and oxygen atoms in total. The van der Waals surface area contributed by atoms with Crippen molar-refractivity contribution < 1.29 is 23.1 Å². The van der Waals surface area contributed by atoms with Gasteiger partial charge in [0.05, 0.1) is 5.69 Å². The van der Waals surface area contributed by atoms with Crippen LogP contribution in [0.3, 0.4) is 0 Å². The summed E-state index contributed by atoms with van der Waals surface area (Å²) in [6.07, 6.45) is -0.0702. The van der Waals surface area contributed by atoms with Crippen molar-refractivity contribution in [1.29, 1.82) is 0 Å². The van der Waals surface area contributed by atoms with Crippen LogP contribution in [0.5, 0.6) is 0 Å². The Bertz CT molecular complexity index is 1590. The molecule has 0 amide bonds. The van der Waals surface area contributed by atoms with E-state index in [-0.39, 0.29) is 5.41 Å². The number of rotatable bonds is 6. The molecule has 0 spiro atoms. The van der Waals surface area contributed by atoms with Crippen molar-refractivity contribution in [2.24, 2.45) is 0 Å². The Labute approximate surface area is 232 Å². The van der Waals surface area contributed by atoms with Crippen LogP contribution in [-0.4, -0.2) is 56.7 Å². The molecule has 3 aromatic heterocycles. The lowest BCUT2D eigenvalue weighted by molar-refractivity contribution is -0.192. The topological polar surface area (TPSA) is 149 Å². The highest BCUT2D eigenvalue weighted by atomic mass is 19.4. The largest absolute Gasteiger partial charge is 0.490 e. The van der Waals surface area contributed by atoms with Gasteiger partial charge in [0.25, 0.3) is 0 Å². The zero-order chi connectivity index (χ0) is 29.6. The first-order valence-electron chi connectivity index (χ1n) is 12.1. The van der Waals surface area contributed by atoms with Gasteiger partial charge in [0.1, 0.15) is 12.7 Å². The predicted molar refractivity (Wildman–Crippen MR) is 144 cm³/mol. The molecule has 0 atom stereocenters. The van der Waals surface area contributed by atoms with Crippen molar-refractivity contribution in [3.63, 3.8) is 0 Å². The molecule has 0 saturated heterocycles. The SMILES string of the molecule is CC(C)(C)c1ncn(-c2ccc(Nc3nccc(-n4cnc(Nc5ccccc5)n4)n3)cc2)n1.O=C(O)C(F)(F)F. The third kappa shape index (κ3) is 7.84. The molecular weight excluding hydrogens is 541 g/mol. The number of alkyl halides is 3. The van der Waals surface area contributed by atoms with Crippen molar-refractivity contribution in [3.05, 3.63) is 85.3 Å². The molecule has 0 aliphatic carbocycles. The summed E-state index contributed by atoms with van der Waals surface area (Å²) in [7, 11) is 0. The molecule has 3 heterocycles. The predicted octanol–water partition coefficient (Wildman–Crippen LogP) is 5.06. The van der Waals surface area contributed by atoms with E-state index >= 15 is 0 Å². The maximum absolute atomic E-state index is 10.6. The van der Waals surface area contributed by atoms with Crippen molar-refractivity contribution >= 4 is 29.2 Å². The summed E-state index contributed by atoms with van der Waals surface area (Å²) in [6.45, 7) is 6.27. The minimum Gasteiger partial charge on any atom is -0.475 e. The molecule has 0 saturated carbocycles. The highest BCUT2D eigenvalue weighted by Gasteiger charge is 2.38. The molecule has 0 bridgehead atoms. The molecule has 5 aromatic rings. The number of carboxylic acid groups (broad SMARTS) is 1. The average molecular weight is 567 g/mol. The second-order valence-electron chi connectivity index (χ2n) is 9.48. The number of nitrogens with one attached hydrogen (secondary N) is 2. The van der Waals surface area contributed by atoms with Gasteiger partial charge in [-0.25, -0.2) is 24.1 Å². The van der Waals surface area contributed by atoms with E-state index in [1.165, 1.54) is 0 Å². The minimum atomic E-state index is -5.08. The maximum atomic E-state index is 10.6. The summed E-state index contributed by atoms with van der Waals surface area (Å²) >= 11 is 0. The minimum absolute atomic E-state index is 0.0996. The molecule has 212 valence electrons. The molecule has 0 aliphatic rings. The fourth-order valence-electron chi connectivity index (χ4n) is 3.18. The first-order chi connectivity index (χ1) is 19.4. The van der Waals surface area contributed by atoms with Crippen LogP contribution >= 0.6 is 0 Å². The number of halogens is 3. The van der Waals surface area contributed by atoms with Crippen LogP contribution < -0.4 is 10.6 Å². The number of para-hydroxylation sites is 1. The first-order valence-corrected chi connectivity index (χ1v) is 12.1. The number of hydrogen-bond donors (Lipinski definition) is 3. The van der Waals surface area contributed by atoms with Crippen LogP contribution in [0, 0.1) is 0 Å². The van der Waals surface area contributed by atoms with E-state index in [2.05, 4.69) is 61.5 Å². The van der Waals surface area contributed by atoms with Crippen molar-refractivity contribution in [2.75, 3.05) is 10.6 Å². The summed E-state index contributed by atoms with van der Waals surface area (Å²) < 4.78 is 35.1. The smallest absolute Gasteiger partial charge is 0.475 e. The third-order valence-corrected chi connectivity index (χ3v) is 5.19. The molecule has 0 radical (unpaired) electrons. The molecule has 0 unspecified atom stereocenters. The lowest BCUT2D eigenvalue weighted by Gasteiger charge is -2.12. The molecular formula is C26H25F3N10O2. The molecule has 0 aliphatic heterocycles. The molecule has 41 heavy (non-hydrogen) atoms. The van der Waals surface area contributed by atoms with Crippen LogP contribution in [-0.2, 0) is 10.2 Å². The number of carbonyl (C=O) groups is 1. The Morgan fingerprint density at radius 3 is 2.00 bits per heavy atom. The first kappa shape index (κ1) is 28.7. The van der Waals surface area contributed by atoms with E-state index in [0.717, 1.165) is 22.9 Å². The fourth-order valence-corrected chi connectivity index (χ4v) is 3.18. The van der Waals surface area contributed by atoms with Gasteiger partial charge >= 0.3 is 12.1 Å². The van der Waals surface area contributed by atoms with Gasteiger partial charge in [0.15, 0.2) is 11.6 Å². The summed E-state index contributed by atoms with van der Waals surface area (Å²) in [4.78, 5) is 26.5. The molecule has 2 aromatic carbocycles. The number of carboxylic acids is 1.